The second-order valence-electron chi connectivity index (χ2n) is 6.40. The van der Waals surface area contributed by atoms with Gasteiger partial charge in [0.25, 0.3) is 0 Å². The number of aryl methyl sites for hydroxylation is 1. The van der Waals surface area contributed by atoms with E-state index in [1.807, 2.05) is 19.1 Å². The number of hydrogen-bond donors (Lipinski definition) is 1. The molecular formula is C19H19F3N4O. The number of nitrogens with two attached hydrogens (primary N) is 1. The molecule has 0 spiro atoms. The minimum absolute atomic E-state index is 0.374. The molecule has 5 nitrogen and oxygen atoms in total. The molecule has 0 radical (unpaired) electrons. The van der Waals surface area contributed by atoms with Crippen LogP contribution in [0.5, 0.6) is 0 Å². The topological polar surface area (TPSA) is 61.9 Å². The van der Waals surface area contributed by atoms with E-state index in [0.29, 0.717) is 23.8 Å². The number of hydrazone groups is 1. The van der Waals surface area contributed by atoms with Crippen LogP contribution < -0.4 is 10.6 Å². The first-order valence-electron chi connectivity index (χ1n) is 8.29. The summed E-state index contributed by atoms with van der Waals surface area (Å²) in [5, 5.41) is 6.01. The summed E-state index contributed by atoms with van der Waals surface area (Å²) in [7, 11) is 0. The van der Waals surface area contributed by atoms with Crippen molar-refractivity contribution in [3.63, 3.8) is 0 Å². The van der Waals surface area contributed by atoms with Gasteiger partial charge in [-0.25, -0.2) is 0 Å². The molecule has 1 aliphatic rings. The Bertz CT molecular complexity index is 878. The summed E-state index contributed by atoms with van der Waals surface area (Å²) in [6, 6.07) is 10.2. The van der Waals surface area contributed by atoms with Gasteiger partial charge in [0, 0.05) is 11.4 Å². The molecule has 1 unspecified atom stereocenters. The molecule has 1 aliphatic heterocycles. The zero-order chi connectivity index (χ0) is 19.8. The Morgan fingerprint density at radius 3 is 2.37 bits per heavy atom. The van der Waals surface area contributed by atoms with E-state index in [9.17, 15) is 18.0 Å². The van der Waals surface area contributed by atoms with Crippen LogP contribution in [0, 0.1) is 6.92 Å². The van der Waals surface area contributed by atoms with Crippen LogP contribution in [0.15, 0.2) is 47.6 Å². The van der Waals surface area contributed by atoms with Crippen LogP contribution in [0.2, 0.25) is 0 Å². The van der Waals surface area contributed by atoms with Crippen molar-refractivity contribution in [2.75, 3.05) is 10.6 Å². The van der Waals surface area contributed by atoms with Gasteiger partial charge in [0.2, 0.25) is 0 Å². The van der Waals surface area contributed by atoms with Crippen molar-refractivity contribution in [1.29, 1.82) is 0 Å². The lowest BCUT2D eigenvalue weighted by Crippen LogP contribution is -2.42. The van der Waals surface area contributed by atoms with E-state index in [1.165, 1.54) is 12.1 Å². The molecule has 8 heteroatoms. The predicted octanol–water partition coefficient (Wildman–Crippen LogP) is 3.78. The molecule has 0 amide bonds. The number of amidine groups is 1. The molecule has 0 fully saturated rings. The maximum Gasteiger partial charge on any atom is 0.416 e. The number of hydrogen-bond acceptors (Lipinski definition) is 5. The maximum absolute atomic E-state index is 12.8. The van der Waals surface area contributed by atoms with Gasteiger partial charge in [0.15, 0.2) is 12.5 Å². The summed E-state index contributed by atoms with van der Waals surface area (Å²) >= 11 is 0. The third-order valence-corrected chi connectivity index (χ3v) is 4.47. The molecular weight excluding hydrogens is 357 g/mol. The average molecular weight is 376 g/mol. The van der Waals surface area contributed by atoms with Crippen LogP contribution in [0.4, 0.5) is 24.5 Å². The van der Waals surface area contributed by atoms with Crippen molar-refractivity contribution < 1.29 is 18.0 Å². The smallest absolute Gasteiger partial charge is 0.399 e. The van der Waals surface area contributed by atoms with Crippen molar-refractivity contribution in [1.82, 2.24) is 5.01 Å². The van der Waals surface area contributed by atoms with Gasteiger partial charge in [-0.2, -0.15) is 18.3 Å². The lowest BCUT2D eigenvalue weighted by atomic mass is 10.1. The highest BCUT2D eigenvalue weighted by atomic mass is 19.4. The number of nitrogens with zero attached hydrogens (tertiary/aromatic N) is 3. The number of nitrogen functional groups attached to an aromatic ring is 1. The van der Waals surface area contributed by atoms with E-state index in [1.54, 1.807) is 22.9 Å². The summed E-state index contributed by atoms with van der Waals surface area (Å²) in [5.41, 5.74) is 8.09. The second-order valence-corrected chi connectivity index (χ2v) is 6.40. The van der Waals surface area contributed by atoms with Gasteiger partial charge >= 0.3 is 6.18 Å². The molecule has 0 aliphatic carbocycles. The van der Waals surface area contributed by atoms with Gasteiger partial charge in [0.1, 0.15) is 5.84 Å². The first-order chi connectivity index (χ1) is 12.7. The third-order valence-electron chi connectivity index (χ3n) is 4.47. The highest BCUT2D eigenvalue weighted by molar-refractivity contribution is 6.00. The highest BCUT2D eigenvalue weighted by Crippen LogP contribution is 2.32. The maximum atomic E-state index is 12.8. The Hall–Kier alpha value is -3.03. The number of halogens is 3. The number of carbonyl (C=O) groups is 1. The minimum Gasteiger partial charge on any atom is -0.399 e. The zero-order valence-electron chi connectivity index (χ0n) is 14.9. The number of alkyl halides is 3. The number of aldehydes is 1. The van der Waals surface area contributed by atoms with Crippen LogP contribution >= 0.6 is 0 Å². The predicted molar refractivity (Wildman–Crippen MR) is 98.0 cm³/mol. The zero-order valence-corrected chi connectivity index (χ0v) is 14.9. The molecule has 0 saturated heterocycles. The molecule has 0 bridgehead atoms. The molecule has 142 valence electrons. The lowest BCUT2D eigenvalue weighted by molar-refractivity contribution is -0.137. The first kappa shape index (κ1) is 18.8. The molecule has 3 rings (SSSR count). The van der Waals surface area contributed by atoms with Gasteiger partial charge in [0.05, 0.1) is 12.1 Å². The Labute approximate surface area is 154 Å². The summed E-state index contributed by atoms with van der Waals surface area (Å²) in [6.07, 6.45) is -4.42. The van der Waals surface area contributed by atoms with Crippen LogP contribution in [0.25, 0.3) is 0 Å². The number of rotatable bonds is 4. The normalized spacial score (nSPS) is 17.2. The number of benzene rings is 2. The Kier molecular flexibility index (Phi) is 4.82. The van der Waals surface area contributed by atoms with E-state index < -0.39 is 17.9 Å². The van der Waals surface area contributed by atoms with Crippen LogP contribution in [-0.4, -0.2) is 23.3 Å². The lowest BCUT2D eigenvalue weighted by Gasteiger charge is -2.27. The Morgan fingerprint density at radius 1 is 1.15 bits per heavy atom. The monoisotopic (exact) mass is 376 g/mol. The van der Waals surface area contributed by atoms with Crippen LogP contribution in [0.1, 0.15) is 23.6 Å². The van der Waals surface area contributed by atoms with E-state index in [2.05, 4.69) is 5.10 Å². The number of carbonyl (C=O) groups excluding carboxylic acids is 1. The minimum atomic E-state index is -4.41. The van der Waals surface area contributed by atoms with E-state index >= 15 is 0 Å². The summed E-state index contributed by atoms with van der Waals surface area (Å²) < 4.78 is 38.3. The van der Waals surface area contributed by atoms with Gasteiger partial charge < -0.3 is 5.73 Å². The van der Waals surface area contributed by atoms with Gasteiger partial charge in [-0.15, -0.1) is 0 Å². The molecule has 2 N–H and O–H groups in total. The fourth-order valence-electron chi connectivity index (χ4n) is 3.05. The Balaban J connectivity index is 1.84. The van der Waals surface area contributed by atoms with Crippen molar-refractivity contribution in [2.24, 2.45) is 5.10 Å². The Morgan fingerprint density at radius 2 is 1.81 bits per heavy atom. The van der Waals surface area contributed by atoms with Crippen molar-refractivity contribution in [3.8, 4) is 0 Å². The molecule has 0 aromatic heterocycles. The third kappa shape index (κ3) is 3.74. The van der Waals surface area contributed by atoms with E-state index in [4.69, 9.17) is 5.73 Å². The van der Waals surface area contributed by atoms with Crippen molar-refractivity contribution >= 4 is 23.5 Å². The standard InChI is InChI=1S/C19H19F3N4O/c1-12-9-14(3-8-17(12)23)10-25-18(11-27)26(13(2)24-25)16-6-4-15(5-7-16)19(20,21)22/h3-9,11,18H,10,23H2,1-2H3. The van der Waals surface area contributed by atoms with Gasteiger partial charge in [-0.3, -0.25) is 14.7 Å². The fraction of sp³-hybridized carbons (Fsp3) is 0.263. The SMILES string of the molecule is CC1=NN(Cc2ccc(N)c(C)c2)C(C=O)N1c1ccc(C(F)(F)F)cc1. The van der Waals surface area contributed by atoms with Crippen LogP contribution in [-0.2, 0) is 17.5 Å². The molecule has 2 aromatic carbocycles. The van der Waals surface area contributed by atoms with Crippen molar-refractivity contribution in [3.05, 3.63) is 59.2 Å². The summed E-state index contributed by atoms with van der Waals surface area (Å²) in [5.74, 6) is 0.527. The molecule has 1 heterocycles. The molecule has 27 heavy (non-hydrogen) atoms. The highest BCUT2D eigenvalue weighted by Gasteiger charge is 2.34. The van der Waals surface area contributed by atoms with E-state index in [-0.39, 0.29) is 0 Å². The number of anilines is 2. The first-order valence-corrected chi connectivity index (χ1v) is 8.29. The largest absolute Gasteiger partial charge is 0.416 e. The van der Waals surface area contributed by atoms with Crippen LogP contribution in [0.3, 0.4) is 0 Å². The average Bonchev–Trinajstić information content (AvgIpc) is 2.92. The van der Waals surface area contributed by atoms with E-state index in [0.717, 1.165) is 29.5 Å². The fourth-order valence-corrected chi connectivity index (χ4v) is 3.05. The second kappa shape index (κ2) is 6.94. The molecule has 1 atom stereocenters. The summed E-state index contributed by atoms with van der Waals surface area (Å²) in [4.78, 5) is 13.3. The van der Waals surface area contributed by atoms with Gasteiger partial charge in [-0.1, -0.05) is 12.1 Å². The molecule has 0 saturated carbocycles. The van der Waals surface area contributed by atoms with Gasteiger partial charge in [-0.05, 0) is 55.3 Å². The molecule has 2 aromatic rings. The quantitative estimate of drug-likeness (QED) is 0.652. The summed E-state index contributed by atoms with van der Waals surface area (Å²) in [6.45, 7) is 3.98. The van der Waals surface area contributed by atoms with Crippen molar-refractivity contribution in [2.45, 2.75) is 32.7 Å².